The molecule has 186 valence electrons. The summed E-state index contributed by atoms with van der Waals surface area (Å²) in [6.07, 6.45) is -0.0224. The molecule has 1 N–H and O–H groups in total. The molecule has 0 aromatic carbocycles. The summed E-state index contributed by atoms with van der Waals surface area (Å²) in [6, 6.07) is 0. The first-order chi connectivity index (χ1) is 14.5. The highest BCUT2D eigenvalue weighted by molar-refractivity contribution is 7.90. The number of rotatable bonds is 5. The Labute approximate surface area is 183 Å². The van der Waals surface area contributed by atoms with E-state index in [4.69, 9.17) is 9.90 Å². The van der Waals surface area contributed by atoms with Crippen LogP contribution in [0.15, 0.2) is 0 Å². The number of amides is 1. The topological polar surface area (TPSA) is 95.0 Å². The van der Waals surface area contributed by atoms with E-state index in [-0.39, 0.29) is 42.5 Å². The van der Waals surface area contributed by atoms with Crippen LogP contribution in [0.5, 0.6) is 0 Å². The van der Waals surface area contributed by atoms with Gasteiger partial charge in [0.05, 0.1) is 5.75 Å². The number of hydrogen-bond acceptors (Lipinski definition) is 5. The first-order valence-electron chi connectivity index (χ1n) is 10.4. The van der Waals surface area contributed by atoms with E-state index in [9.17, 15) is 35.2 Å². The Morgan fingerprint density at radius 3 is 2.25 bits per heavy atom. The van der Waals surface area contributed by atoms with E-state index in [1.807, 2.05) is 0 Å². The van der Waals surface area contributed by atoms with Gasteiger partial charge in [-0.2, -0.15) is 13.2 Å². The third-order valence-corrected chi connectivity index (χ3v) is 7.23. The number of carbonyl (C=O) groups excluding carboxylic acids is 1. The van der Waals surface area contributed by atoms with E-state index in [1.54, 1.807) is 4.90 Å². The molecule has 0 bridgehead atoms. The van der Waals surface area contributed by atoms with Crippen LogP contribution in [0.25, 0.3) is 0 Å². The summed E-state index contributed by atoms with van der Waals surface area (Å²) >= 11 is 0. The fourth-order valence-electron chi connectivity index (χ4n) is 4.71. The van der Waals surface area contributed by atoms with Crippen molar-refractivity contribution in [2.45, 2.75) is 62.6 Å². The molecule has 3 fully saturated rings. The lowest BCUT2D eigenvalue weighted by molar-refractivity contribution is -0.192. The van der Waals surface area contributed by atoms with Gasteiger partial charge in [0.15, 0.2) is 0 Å². The van der Waals surface area contributed by atoms with Gasteiger partial charge >= 0.3 is 12.1 Å². The Hall–Kier alpha value is -1.50. The van der Waals surface area contributed by atoms with Gasteiger partial charge in [-0.3, -0.25) is 4.79 Å². The third kappa shape index (κ3) is 7.53. The Balaban J connectivity index is 0.000000451. The Bertz CT molecular complexity index is 796. The lowest BCUT2D eigenvalue weighted by Crippen LogP contribution is -2.48. The molecule has 3 rings (SSSR count). The molecule has 1 amide bonds. The smallest absolute Gasteiger partial charge is 0.475 e. The third-order valence-electron chi connectivity index (χ3n) is 6.31. The molecule has 2 saturated heterocycles. The molecule has 1 unspecified atom stereocenters. The number of alkyl halides is 5. The maximum absolute atomic E-state index is 13.0. The van der Waals surface area contributed by atoms with Crippen molar-refractivity contribution < 1.29 is 45.1 Å². The number of hydrogen-bond donors (Lipinski definition) is 1. The van der Waals surface area contributed by atoms with Crippen molar-refractivity contribution >= 4 is 21.7 Å². The highest BCUT2D eigenvalue weighted by Crippen LogP contribution is 2.44. The minimum Gasteiger partial charge on any atom is -0.475 e. The maximum atomic E-state index is 13.0. The molecule has 0 aromatic heterocycles. The molecule has 2 aliphatic heterocycles. The van der Waals surface area contributed by atoms with Gasteiger partial charge in [-0.25, -0.2) is 22.0 Å². The van der Waals surface area contributed by atoms with Gasteiger partial charge in [-0.05, 0) is 38.1 Å². The quantitative estimate of drug-likeness (QED) is 0.593. The van der Waals surface area contributed by atoms with Gasteiger partial charge in [0.1, 0.15) is 9.84 Å². The Morgan fingerprint density at radius 1 is 1.16 bits per heavy atom. The van der Waals surface area contributed by atoms with E-state index in [1.165, 1.54) is 6.26 Å². The van der Waals surface area contributed by atoms with Crippen LogP contribution in [-0.2, 0) is 19.4 Å². The number of carbonyl (C=O) groups is 2. The fraction of sp³-hybridized carbons (Fsp3) is 0.895. The van der Waals surface area contributed by atoms with Crippen LogP contribution in [0.2, 0.25) is 0 Å². The second kappa shape index (κ2) is 9.78. The number of carboxylic acids is 1. The summed E-state index contributed by atoms with van der Waals surface area (Å²) in [7, 11) is -3.11. The summed E-state index contributed by atoms with van der Waals surface area (Å²) in [5.74, 6) is -5.10. The molecule has 0 aromatic rings. The standard InChI is InChI=1S/C17H28F2N2O3S.C2HF3O2/c1-25(23,24)10-9-21-15(22)3-5-16(21)4-2-7-20(8-6-16)13-14-11-17(18,19)12-14;3-2(4,5)1(6)7/h14H,2-13H2,1H3;(H,6,7). The molecule has 32 heavy (non-hydrogen) atoms. The Morgan fingerprint density at radius 2 is 1.75 bits per heavy atom. The average Bonchev–Trinajstić information content (AvgIpc) is 2.77. The van der Waals surface area contributed by atoms with E-state index < -0.39 is 27.9 Å². The summed E-state index contributed by atoms with van der Waals surface area (Å²) in [5.41, 5.74) is -0.236. The van der Waals surface area contributed by atoms with Gasteiger partial charge in [-0.15, -0.1) is 0 Å². The van der Waals surface area contributed by atoms with Crippen LogP contribution in [0.4, 0.5) is 22.0 Å². The Kier molecular flexibility index (Phi) is 8.17. The van der Waals surface area contributed by atoms with Crippen LogP contribution in [0, 0.1) is 5.92 Å². The second-order valence-corrected chi connectivity index (χ2v) is 11.2. The predicted octanol–water partition coefficient (Wildman–Crippen LogP) is 2.56. The minimum atomic E-state index is -5.08. The lowest BCUT2D eigenvalue weighted by Gasteiger charge is -2.39. The number of likely N-dealkylation sites (tertiary alicyclic amines) is 2. The molecular formula is C19H29F5N2O5S. The summed E-state index contributed by atoms with van der Waals surface area (Å²) in [5, 5.41) is 7.12. The normalized spacial score (nSPS) is 26.9. The molecule has 7 nitrogen and oxygen atoms in total. The molecule has 1 spiro atoms. The van der Waals surface area contributed by atoms with Crippen molar-refractivity contribution in [1.82, 2.24) is 9.80 Å². The first-order valence-corrected chi connectivity index (χ1v) is 12.5. The zero-order valence-electron chi connectivity index (χ0n) is 17.8. The van der Waals surface area contributed by atoms with E-state index in [0.717, 1.165) is 38.8 Å². The fourth-order valence-corrected chi connectivity index (χ4v) is 5.22. The molecule has 1 saturated carbocycles. The molecule has 13 heteroatoms. The summed E-state index contributed by atoms with van der Waals surface area (Å²) < 4.78 is 80.8. The molecule has 1 aliphatic carbocycles. The molecule has 2 heterocycles. The van der Waals surface area contributed by atoms with Gasteiger partial charge < -0.3 is 14.9 Å². The number of halogens is 5. The van der Waals surface area contributed by atoms with E-state index in [2.05, 4.69) is 4.90 Å². The van der Waals surface area contributed by atoms with Crippen LogP contribution in [-0.4, -0.2) is 91.0 Å². The molecule has 1 atom stereocenters. The van der Waals surface area contributed by atoms with Crippen molar-refractivity contribution in [3.63, 3.8) is 0 Å². The van der Waals surface area contributed by atoms with Crippen molar-refractivity contribution in [2.24, 2.45) is 5.92 Å². The monoisotopic (exact) mass is 492 g/mol. The van der Waals surface area contributed by atoms with Gasteiger partial charge in [0, 0.05) is 50.7 Å². The highest BCUT2D eigenvalue weighted by atomic mass is 32.2. The number of nitrogens with zero attached hydrogens (tertiary/aromatic N) is 2. The van der Waals surface area contributed by atoms with Crippen LogP contribution in [0.3, 0.4) is 0 Å². The number of sulfone groups is 1. The van der Waals surface area contributed by atoms with E-state index in [0.29, 0.717) is 13.0 Å². The lowest BCUT2D eigenvalue weighted by atomic mass is 9.81. The molecule has 3 aliphatic rings. The van der Waals surface area contributed by atoms with Crippen molar-refractivity contribution in [3.8, 4) is 0 Å². The van der Waals surface area contributed by atoms with Crippen LogP contribution in [0.1, 0.15) is 44.9 Å². The predicted molar refractivity (Wildman–Crippen MR) is 105 cm³/mol. The van der Waals surface area contributed by atoms with Gasteiger partial charge in [0.25, 0.3) is 0 Å². The molecular weight excluding hydrogens is 463 g/mol. The summed E-state index contributed by atoms with van der Waals surface area (Å²) in [4.78, 5) is 25.2. The van der Waals surface area contributed by atoms with Crippen molar-refractivity contribution in [3.05, 3.63) is 0 Å². The summed E-state index contributed by atoms with van der Waals surface area (Å²) in [6.45, 7) is 2.65. The van der Waals surface area contributed by atoms with Crippen molar-refractivity contribution in [2.75, 3.05) is 38.2 Å². The molecule has 0 radical (unpaired) electrons. The van der Waals surface area contributed by atoms with Crippen LogP contribution < -0.4 is 0 Å². The average molecular weight is 493 g/mol. The largest absolute Gasteiger partial charge is 0.490 e. The number of carboxylic acid groups (broad SMARTS) is 1. The van der Waals surface area contributed by atoms with Crippen LogP contribution >= 0.6 is 0 Å². The zero-order chi connectivity index (χ0) is 24.4. The maximum Gasteiger partial charge on any atom is 0.490 e. The van der Waals surface area contributed by atoms with Gasteiger partial charge in [-0.1, -0.05) is 0 Å². The SMILES string of the molecule is CS(=O)(=O)CCN1C(=O)CCC12CCCN(CC1CC(F)(F)C1)CC2.O=C(O)C(F)(F)F. The second-order valence-electron chi connectivity index (χ2n) is 8.99. The first kappa shape index (κ1) is 26.7. The van der Waals surface area contributed by atoms with E-state index >= 15 is 0 Å². The van der Waals surface area contributed by atoms with Gasteiger partial charge in [0.2, 0.25) is 11.8 Å². The zero-order valence-corrected chi connectivity index (χ0v) is 18.7. The van der Waals surface area contributed by atoms with Crippen molar-refractivity contribution in [1.29, 1.82) is 0 Å². The minimum absolute atomic E-state index is 0.00135. The highest BCUT2D eigenvalue weighted by Gasteiger charge is 2.48. The number of aliphatic carboxylic acids is 1.